The summed E-state index contributed by atoms with van der Waals surface area (Å²) in [5, 5.41) is 2.99. The molecule has 3 aliphatic rings. The highest BCUT2D eigenvalue weighted by Crippen LogP contribution is 2.40. The van der Waals surface area contributed by atoms with Crippen molar-refractivity contribution >= 4 is 5.91 Å². The van der Waals surface area contributed by atoms with Crippen LogP contribution in [0.15, 0.2) is 12.4 Å². The first kappa shape index (κ1) is 17.9. The van der Waals surface area contributed by atoms with Crippen LogP contribution in [0.5, 0.6) is 0 Å². The van der Waals surface area contributed by atoms with Gasteiger partial charge in [-0.2, -0.15) is 0 Å². The Hall–Kier alpha value is -1.51. The van der Waals surface area contributed by atoms with E-state index in [0.717, 1.165) is 51.2 Å². The van der Waals surface area contributed by atoms with Gasteiger partial charge in [0.25, 0.3) is 5.91 Å². The van der Waals surface area contributed by atoms with E-state index in [1.807, 2.05) is 10.8 Å². The number of halogens is 1. The van der Waals surface area contributed by atoms with E-state index in [9.17, 15) is 9.18 Å². The standard InChI is InChI=1S/C18H27FN4O3/c19-5-9-22-7-3-18(4-8-22)17-20-6-10-23(17)13-15(26-18)16(24)21-12-14-2-1-11-25-14/h6,10,14-15H,1-5,7-9,11-13H2,(H,21,24)/t14-,15+/m0/s1. The summed E-state index contributed by atoms with van der Waals surface area (Å²) in [5.41, 5.74) is -0.555. The number of piperidine rings is 1. The number of ether oxygens (including phenoxy) is 2. The van der Waals surface area contributed by atoms with Gasteiger partial charge in [0.1, 0.15) is 18.1 Å². The lowest BCUT2D eigenvalue weighted by Crippen LogP contribution is -2.54. The third-order valence-electron chi connectivity index (χ3n) is 5.74. The average Bonchev–Trinajstić information content (AvgIpc) is 3.33. The Kier molecular flexibility index (Phi) is 5.24. The molecule has 0 bridgehead atoms. The van der Waals surface area contributed by atoms with E-state index in [4.69, 9.17) is 9.47 Å². The number of nitrogens with zero attached hydrogens (tertiary/aromatic N) is 3. The number of alkyl halides is 1. The van der Waals surface area contributed by atoms with Crippen LogP contribution in [-0.2, 0) is 26.4 Å². The Morgan fingerprint density at radius 3 is 3.00 bits per heavy atom. The van der Waals surface area contributed by atoms with Crippen molar-refractivity contribution in [3.63, 3.8) is 0 Å². The molecule has 4 rings (SSSR count). The van der Waals surface area contributed by atoms with Crippen LogP contribution in [0.3, 0.4) is 0 Å². The van der Waals surface area contributed by atoms with Gasteiger partial charge in [-0.15, -0.1) is 0 Å². The van der Waals surface area contributed by atoms with Gasteiger partial charge in [0.2, 0.25) is 0 Å². The summed E-state index contributed by atoms with van der Waals surface area (Å²) in [7, 11) is 0. The van der Waals surface area contributed by atoms with Crippen molar-refractivity contribution in [2.45, 2.75) is 50.0 Å². The van der Waals surface area contributed by atoms with E-state index in [1.54, 1.807) is 6.20 Å². The van der Waals surface area contributed by atoms with Crippen LogP contribution in [0.2, 0.25) is 0 Å². The Bertz CT molecular complexity index is 624. The summed E-state index contributed by atoms with van der Waals surface area (Å²) >= 11 is 0. The number of imidazole rings is 1. The largest absolute Gasteiger partial charge is 0.376 e. The van der Waals surface area contributed by atoms with Crippen LogP contribution in [-0.4, -0.2) is 72.0 Å². The molecule has 1 amide bonds. The number of carbonyl (C=O) groups excluding carboxylic acids is 1. The second kappa shape index (κ2) is 7.62. The van der Waals surface area contributed by atoms with Gasteiger partial charge in [0.15, 0.2) is 6.10 Å². The minimum absolute atomic E-state index is 0.0922. The number of hydrogen-bond donors (Lipinski definition) is 1. The maximum atomic E-state index is 12.7. The molecule has 26 heavy (non-hydrogen) atoms. The zero-order chi connectivity index (χ0) is 18.0. The molecule has 2 saturated heterocycles. The molecule has 2 fully saturated rings. The summed E-state index contributed by atoms with van der Waals surface area (Å²) in [6.45, 7) is 3.40. The van der Waals surface area contributed by atoms with Crippen LogP contribution in [0.4, 0.5) is 4.39 Å². The highest BCUT2D eigenvalue weighted by Gasteiger charge is 2.47. The molecule has 8 heteroatoms. The molecule has 144 valence electrons. The molecule has 0 saturated carbocycles. The first-order valence-corrected chi connectivity index (χ1v) is 9.57. The molecule has 3 aliphatic heterocycles. The van der Waals surface area contributed by atoms with Crippen LogP contribution in [0, 0.1) is 0 Å². The first-order chi connectivity index (χ1) is 12.7. The van der Waals surface area contributed by atoms with E-state index in [1.165, 1.54) is 0 Å². The Morgan fingerprint density at radius 2 is 2.27 bits per heavy atom. The molecule has 0 aromatic carbocycles. The van der Waals surface area contributed by atoms with E-state index < -0.39 is 11.7 Å². The number of rotatable bonds is 5. The summed E-state index contributed by atoms with van der Waals surface area (Å²) in [4.78, 5) is 19.3. The molecule has 2 atom stereocenters. The second-order valence-corrected chi connectivity index (χ2v) is 7.41. The van der Waals surface area contributed by atoms with Gasteiger partial charge >= 0.3 is 0 Å². The number of hydrogen-bond acceptors (Lipinski definition) is 5. The van der Waals surface area contributed by atoms with E-state index in [0.29, 0.717) is 19.6 Å². The fourth-order valence-electron chi connectivity index (χ4n) is 4.27. The number of amides is 1. The maximum Gasteiger partial charge on any atom is 0.251 e. The van der Waals surface area contributed by atoms with Crippen LogP contribution in [0.1, 0.15) is 31.5 Å². The molecule has 4 heterocycles. The SMILES string of the molecule is O=C(NC[C@@H]1CCCO1)[C@H]1Cn2ccnc2C2(CCN(CCF)CC2)O1. The van der Waals surface area contributed by atoms with Crippen LogP contribution in [0.25, 0.3) is 0 Å². The van der Waals surface area contributed by atoms with Crippen LogP contribution >= 0.6 is 0 Å². The van der Waals surface area contributed by atoms with Gasteiger partial charge in [-0.25, -0.2) is 9.37 Å². The Balaban J connectivity index is 1.43. The molecular formula is C18H27FN4O3. The van der Waals surface area contributed by atoms with Crippen LogP contribution < -0.4 is 5.32 Å². The lowest BCUT2D eigenvalue weighted by atomic mass is 9.88. The number of aromatic nitrogens is 2. The topological polar surface area (TPSA) is 68.6 Å². The molecule has 1 aromatic rings. The molecule has 1 aromatic heterocycles. The highest BCUT2D eigenvalue weighted by molar-refractivity contribution is 5.81. The molecular weight excluding hydrogens is 339 g/mol. The predicted molar refractivity (Wildman–Crippen MR) is 92.4 cm³/mol. The first-order valence-electron chi connectivity index (χ1n) is 9.57. The molecule has 1 spiro atoms. The zero-order valence-corrected chi connectivity index (χ0v) is 15.0. The van der Waals surface area contributed by atoms with Crippen molar-refractivity contribution in [3.8, 4) is 0 Å². The minimum Gasteiger partial charge on any atom is -0.376 e. The fraction of sp³-hybridized carbons (Fsp3) is 0.778. The number of fused-ring (bicyclic) bond motifs is 2. The maximum absolute atomic E-state index is 12.7. The molecule has 0 unspecified atom stereocenters. The highest BCUT2D eigenvalue weighted by atomic mass is 19.1. The fourth-order valence-corrected chi connectivity index (χ4v) is 4.27. The van der Waals surface area contributed by atoms with E-state index in [2.05, 4.69) is 15.2 Å². The van der Waals surface area contributed by atoms with Gasteiger partial charge in [0.05, 0.1) is 12.6 Å². The minimum atomic E-state index is -0.555. The van der Waals surface area contributed by atoms with Gasteiger partial charge in [-0.05, 0) is 25.7 Å². The molecule has 1 N–H and O–H groups in total. The quantitative estimate of drug-likeness (QED) is 0.836. The zero-order valence-electron chi connectivity index (χ0n) is 15.0. The number of nitrogens with one attached hydrogen (secondary N) is 1. The molecule has 7 nitrogen and oxygen atoms in total. The van der Waals surface area contributed by atoms with Crippen molar-refractivity contribution in [1.82, 2.24) is 19.8 Å². The Labute approximate surface area is 152 Å². The summed E-state index contributed by atoms with van der Waals surface area (Å²) < 4.78 is 26.6. The summed E-state index contributed by atoms with van der Waals surface area (Å²) in [5.74, 6) is 0.797. The van der Waals surface area contributed by atoms with Crippen molar-refractivity contribution in [3.05, 3.63) is 18.2 Å². The summed E-state index contributed by atoms with van der Waals surface area (Å²) in [6.07, 6.45) is 6.74. The van der Waals surface area contributed by atoms with E-state index >= 15 is 0 Å². The molecule has 0 radical (unpaired) electrons. The normalized spacial score (nSPS) is 28.2. The third kappa shape index (κ3) is 3.50. The number of likely N-dealkylation sites (tertiary alicyclic amines) is 1. The van der Waals surface area contributed by atoms with Gasteiger partial charge in [-0.3, -0.25) is 4.79 Å². The van der Waals surface area contributed by atoms with Crippen molar-refractivity contribution < 1.29 is 18.7 Å². The third-order valence-corrected chi connectivity index (χ3v) is 5.74. The molecule has 0 aliphatic carbocycles. The predicted octanol–water partition coefficient (Wildman–Crippen LogP) is 0.838. The number of carbonyl (C=O) groups is 1. The second-order valence-electron chi connectivity index (χ2n) is 7.41. The monoisotopic (exact) mass is 366 g/mol. The van der Waals surface area contributed by atoms with E-state index in [-0.39, 0.29) is 18.7 Å². The van der Waals surface area contributed by atoms with Crippen molar-refractivity contribution in [2.24, 2.45) is 0 Å². The van der Waals surface area contributed by atoms with Gasteiger partial charge in [-0.1, -0.05) is 0 Å². The van der Waals surface area contributed by atoms with Gasteiger partial charge < -0.3 is 24.3 Å². The van der Waals surface area contributed by atoms with Gasteiger partial charge in [0, 0.05) is 45.2 Å². The Morgan fingerprint density at radius 1 is 1.42 bits per heavy atom. The van der Waals surface area contributed by atoms with Crippen molar-refractivity contribution in [1.29, 1.82) is 0 Å². The summed E-state index contributed by atoms with van der Waals surface area (Å²) in [6, 6.07) is 0. The lowest BCUT2D eigenvalue weighted by Gasteiger charge is -2.45. The lowest BCUT2D eigenvalue weighted by molar-refractivity contribution is -0.173. The van der Waals surface area contributed by atoms with Crippen molar-refractivity contribution in [2.75, 3.05) is 39.5 Å². The average molecular weight is 366 g/mol. The smallest absolute Gasteiger partial charge is 0.251 e.